The molecule has 1 aromatic heterocycles. The minimum Gasteiger partial charge on any atom is -0.481 e. The number of aromatic nitrogens is 2. The number of ether oxygens (including phenoxy) is 1. The minimum atomic E-state index is -0.901. The van der Waals surface area contributed by atoms with E-state index in [-0.39, 0.29) is 18.2 Å². The molecule has 0 radical (unpaired) electrons. The number of carbonyl (C=O) groups is 2. The van der Waals surface area contributed by atoms with Gasteiger partial charge in [0.1, 0.15) is 0 Å². The predicted octanol–water partition coefficient (Wildman–Crippen LogP) is -0.745. The summed E-state index contributed by atoms with van der Waals surface area (Å²) in [5, 5.41) is 16.5. The van der Waals surface area contributed by atoms with Crippen molar-refractivity contribution < 1.29 is 19.4 Å². The molecule has 0 spiro atoms. The molecule has 1 saturated heterocycles. The van der Waals surface area contributed by atoms with Gasteiger partial charge in [-0.2, -0.15) is 0 Å². The molecule has 1 aromatic rings. The zero-order valence-corrected chi connectivity index (χ0v) is 10.2. The Labute approximate surface area is 109 Å². The van der Waals surface area contributed by atoms with E-state index in [1.165, 1.54) is 6.07 Å². The summed E-state index contributed by atoms with van der Waals surface area (Å²) in [4.78, 5) is 23.5. The predicted molar refractivity (Wildman–Crippen MR) is 64.8 cm³/mol. The molecule has 1 amide bonds. The second-order valence-corrected chi connectivity index (χ2v) is 4.16. The molecule has 2 rings (SSSR count). The van der Waals surface area contributed by atoms with Crippen LogP contribution in [0.3, 0.4) is 0 Å². The van der Waals surface area contributed by atoms with Crippen molar-refractivity contribution in [2.75, 3.05) is 24.7 Å². The molecular weight excluding hydrogens is 252 g/mol. The molecule has 0 aliphatic carbocycles. The van der Waals surface area contributed by atoms with Crippen LogP contribution < -0.4 is 10.6 Å². The van der Waals surface area contributed by atoms with Crippen molar-refractivity contribution in [1.29, 1.82) is 0 Å². The lowest BCUT2D eigenvalue weighted by atomic mass is 10.1. The summed E-state index contributed by atoms with van der Waals surface area (Å²) in [6.45, 7) is 1.35. The normalized spacial score (nSPS) is 19.2. The van der Waals surface area contributed by atoms with Gasteiger partial charge >= 0.3 is 5.97 Å². The summed E-state index contributed by atoms with van der Waals surface area (Å²) >= 11 is 0. The maximum atomic E-state index is 10.9. The fourth-order valence-corrected chi connectivity index (χ4v) is 1.94. The summed E-state index contributed by atoms with van der Waals surface area (Å²) in [7, 11) is 0. The lowest BCUT2D eigenvalue weighted by Crippen LogP contribution is -2.47. The van der Waals surface area contributed by atoms with E-state index in [0.717, 1.165) is 0 Å². The molecule has 1 atom stereocenters. The largest absolute Gasteiger partial charge is 0.481 e. The number of hydrogen-bond acceptors (Lipinski definition) is 6. The Morgan fingerprint density at radius 2 is 2.26 bits per heavy atom. The van der Waals surface area contributed by atoms with Gasteiger partial charge in [0.2, 0.25) is 0 Å². The van der Waals surface area contributed by atoms with E-state index in [1.807, 2.05) is 4.90 Å². The second-order valence-electron chi connectivity index (χ2n) is 4.16. The first kappa shape index (κ1) is 13.2. The molecule has 1 aliphatic rings. The van der Waals surface area contributed by atoms with E-state index in [9.17, 15) is 9.59 Å². The standard InChI is InChI=1S/C11H14N4O4/c12-11(18)8-1-2-9(14-13-8)15-3-4-19-6-7(15)5-10(16)17/h1-2,7H,3-6H2,(H2,12,18)(H,16,17). The van der Waals surface area contributed by atoms with Gasteiger partial charge in [-0.05, 0) is 12.1 Å². The van der Waals surface area contributed by atoms with Crippen LogP contribution in [0.1, 0.15) is 16.9 Å². The van der Waals surface area contributed by atoms with Crippen LogP contribution in [-0.2, 0) is 9.53 Å². The smallest absolute Gasteiger partial charge is 0.305 e. The van der Waals surface area contributed by atoms with Crippen molar-refractivity contribution in [1.82, 2.24) is 10.2 Å². The number of hydrogen-bond donors (Lipinski definition) is 2. The van der Waals surface area contributed by atoms with Crippen molar-refractivity contribution in [3.8, 4) is 0 Å². The van der Waals surface area contributed by atoms with Crippen LogP contribution in [0.2, 0.25) is 0 Å². The molecule has 0 saturated carbocycles. The number of nitrogens with zero attached hydrogens (tertiary/aromatic N) is 3. The number of anilines is 1. The van der Waals surface area contributed by atoms with Gasteiger partial charge in [0, 0.05) is 6.54 Å². The van der Waals surface area contributed by atoms with Crippen LogP contribution in [0.25, 0.3) is 0 Å². The Balaban J connectivity index is 2.17. The van der Waals surface area contributed by atoms with Gasteiger partial charge in [-0.3, -0.25) is 9.59 Å². The van der Waals surface area contributed by atoms with Gasteiger partial charge in [-0.15, -0.1) is 10.2 Å². The Morgan fingerprint density at radius 3 is 2.84 bits per heavy atom. The molecule has 8 nitrogen and oxygen atoms in total. The average molecular weight is 266 g/mol. The van der Waals surface area contributed by atoms with E-state index in [0.29, 0.717) is 25.6 Å². The van der Waals surface area contributed by atoms with E-state index in [2.05, 4.69) is 10.2 Å². The molecule has 0 bridgehead atoms. The van der Waals surface area contributed by atoms with E-state index < -0.39 is 11.9 Å². The Kier molecular flexibility index (Phi) is 3.91. The summed E-state index contributed by atoms with van der Waals surface area (Å²) in [5.74, 6) is -1.04. The summed E-state index contributed by atoms with van der Waals surface area (Å²) in [6.07, 6.45) is -0.0424. The highest BCUT2D eigenvalue weighted by atomic mass is 16.5. The van der Waals surface area contributed by atoms with Gasteiger partial charge in [0.15, 0.2) is 11.5 Å². The third kappa shape index (κ3) is 3.16. The maximum absolute atomic E-state index is 10.9. The fraction of sp³-hybridized carbons (Fsp3) is 0.455. The third-order valence-corrected chi connectivity index (χ3v) is 2.83. The van der Waals surface area contributed by atoms with Gasteiger partial charge in [-0.1, -0.05) is 0 Å². The lowest BCUT2D eigenvalue weighted by Gasteiger charge is -2.35. The number of carboxylic acid groups (broad SMARTS) is 1. The second kappa shape index (κ2) is 5.61. The SMILES string of the molecule is NC(=O)c1ccc(N2CCOCC2CC(=O)O)nn1. The zero-order chi connectivity index (χ0) is 13.8. The van der Waals surface area contributed by atoms with Crippen LogP contribution >= 0.6 is 0 Å². The highest BCUT2D eigenvalue weighted by Crippen LogP contribution is 2.18. The van der Waals surface area contributed by atoms with Crippen LogP contribution in [0.4, 0.5) is 5.82 Å². The maximum Gasteiger partial charge on any atom is 0.305 e. The molecule has 3 N–H and O–H groups in total. The molecule has 8 heteroatoms. The molecule has 2 heterocycles. The van der Waals surface area contributed by atoms with E-state index in [1.54, 1.807) is 6.07 Å². The van der Waals surface area contributed by atoms with Crippen LogP contribution in [0.15, 0.2) is 12.1 Å². The molecular formula is C11H14N4O4. The molecule has 0 aromatic carbocycles. The number of carbonyl (C=O) groups excluding carboxylic acids is 1. The quantitative estimate of drug-likeness (QED) is 0.736. The van der Waals surface area contributed by atoms with Gasteiger partial charge in [-0.25, -0.2) is 0 Å². The van der Waals surface area contributed by atoms with Crippen molar-refractivity contribution in [2.45, 2.75) is 12.5 Å². The average Bonchev–Trinajstić information content (AvgIpc) is 2.39. The van der Waals surface area contributed by atoms with Crippen LogP contribution in [-0.4, -0.2) is 53.0 Å². The molecule has 1 fully saturated rings. The lowest BCUT2D eigenvalue weighted by molar-refractivity contribution is -0.138. The monoisotopic (exact) mass is 266 g/mol. The highest BCUT2D eigenvalue weighted by Gasteiger charge is 2.26. The van der Waals surface area contributed by atoms with Crippen molar-refractivity contribution in [3.63, 3.8) is 0 Å². The topological polar surface area (TPSA) is 119 Å². The van der Waals surface area contributed by atoms with Gasteiger partial charge in [0.25, 0.3) is 5.91 Å². The van der Waals surface area contributed by atoms with Crippen molar-refractivity contribution in [2.24, 2.45) is 5.73 Å². The molecule has 1 aliphatic heterocycles. The van der Waals surface area contributed by atoms with E-state index in [4.69, 9.17) is 15.6 Å². The van der Waals surface area contributed by atoms with Gasteiger partial charge in [0.05, 0.1) is 25.7 Å². The summed E-state index contributed by atoms with van der Waals surface area (Å²) in [6, 6.07) is 2.78. The first-order chi connectivity index (χ1) is 9.08. The zero-order valence-electron chi connectivity index (χ0n) is 10.2. The van der Waals surface area contributed by atoms with Crippen LogP contribution in [0, 0.1) is 0 Å². The Hall–Kier alpha value is -2.22. The number of rotatable bonds is 4. The van der Waals surface area contributed by atoms with Gasteiger partial charge < -0.3 is 20.5 Å². The van der Waals surface area contributed by atoms with Crippen LogP contribution in [0.5, 0.6) is 0 Å². The first-order valence-corrected chi connectivity index (χ1v) is 5.77. The number of carboxylic acids is 1. The summed E-state index contributed by atoms with van der Waals surface area (Å²) in [5.41, 5.74) is 5.16. The number of primary amides is 1. The summed E-state index contributed by atoms with van der Waals surface area (Å²) < 4.78 is 5.27. The number of amides is 1. The molecule has 102 valence electrons. The van der Waals surface area contributed by atoms with Crippen molar-refractivity contribution in [3.05, 3.63) is 17.8 Å². The molecule has 1 unspecified atom stereocenters. The van der Waals surface area contributed by atoms with Crippen molar-refractivity contribution >= 4 is 17.7 Å². The number of nitrogens with two attached hydrogens (primary N) is 1. The third-order valence-electron chi connectivity index (χ3n) is 2.83. The number of aliphatic carboxylic acids is 1. The Bertz CT molecular complexity index is 476. The number of morpholine rings is 1. The highest BCUT2D eigenvalue weighted by molar-refractivity contribution is 5.90. The molecule has 19 heavy (non-hydrogen) atoms. The minimum absolute atomic E-state index is 0.0424. The fourth-order valence-electron chi connectivity index (χ4n) is 1.94. The van der Waals surface area contributed by atoms with E-state index >= 15 is 0 Å². The Morgan fingerprint density at radius 1 is 1.47 bits per heavy atom. The first-order valence-electron chi connectivity index (χ1n) is 5.77.